The van der Waals surface area contributed by atoms with Gasteiger partial charge in [0.15, 0.2) is 5.13 Å². The number of nitrogens with zero attached hydrogens (tertiary/aromatic N) is 2. The SMILES string of the molecule is BOC(=O)CCO/N=C(\C(=O)O)c1csc(NC(=O)OC(C)(C)C)n1. The van der Waals surface area contributed by atoms with Gasteiger partial charge in [-0.25, -0.2) is 14.6 Å². The molecular formula is C13H18BN3O7S. The van der Waals surface area contributed by atoms with Crippen LogP contribution in [-0.2, 0) is 23.8 Å². The Bertz CT molecular complexity index is 669. The highest BCUT2D eigenvalue weighted by atomic mass is 32.1. The van der Waals surface area contributed by atoms with E-state index in [1.165, 1.54) is 13.4 Å². The third-order valence-corrected chi connectivity index (χ3v) is 3.10. The zero-order chi connectivity index (χ0) is 19.0. The molecule has 0 radical (unpaired) electrons. The topological polar surface area (TPSA) is 136 Å². The normalized spacial score (nSPS) is 11.6. The Morgan fingerprint density at radius 1 is 1.40 bits per heavy atom. The summed E-state index contributed by atoms with van der Waals surface area (Å²) in [6.45, 7) is 4.98. The van der Waals surface area contributed by atoms with Gasteiger partial charge in [-0.3, -0.25) is 10.1 Å². The van der Waals surface area contributed by atoms with Crippen LogP contribution in [-0.4, -0.2) is 54.1 Å². The van der Waals surface area contributed by atoms with E-state index in [1.807, 2.05) is 0 Å². The summed E-state index contributed by atoms with van der Waals surface area (Å²) in [5.41, 5.74) is -1.13. The first kappa shape index (κ1) is 20.4. The van der Waals surface area contributed by atoms with Gasteiger partial charge in [-0.1, -0.05) is 5.16 Å². The number of hydrogen-bond donors (Lipinski definition) is 2. The molecule has 1 aromatic rings. The van der Waals surface area contributed by atoms with Crippen LogP contribution in [0.15, 0.2) is 10.5 Å². The predicted octanol–water partition coefficient (Wildman–Crippen LogP) is 0.777. The molecule has 0 aliphatic heterocycles. The molecule has 0 atom stereocenters. The van der Waals surface area contributed by atoms with Gasteiger partial charge in [0, 0.05) is 5.38 Å². The summed E-state index contributed by atoms with van der Waals surface area (Å²) in [5, 5.41) is 16.6. The largest absolute Gasteiger partial charge is 0.543 e. The number of rotatable bonds is 7. The zero-order valence-corrected chi connectivity index (χ0v) is 15.0. The molecule has 0 bridgehead atoms. The van der Waals surface area contributed by atoms with Gasteiger partial charge in [-0.05, 0) is 20.8 Å². The highest BCUT2D eigenvalue weighted by molar-refractivity contribution is 7.14. The van der Waals surface area contributed by atoms with Crippen LogP contribution < -0.4 is 5.32 Å². The molecule has 25 heavy (non-hydrogen) atoms. The van der Waals surface area contributed by atoms with Crippen molar-refractivity contribution in [3.05, 3.63) is 11.1 Å². The maximum atomic E-state index is 11.7. The standard InChI is InChI=1S/C13H18BN3O7S/c1-13(2,3)23-12(21)16-11-15-7(6-25-11)9(10(19)20)17-22-5-4-8(18)24-14/h6H,4-5,14H2,1-3H3,(H,19,20)(H,15,16,21)/b17-9-. The fraction of sp³-hybridized carbons (Fsp3) is 0.462. The minimum absolute atomic E-state index is 0.00151. The molecule has 0 saturated heterocycles. The van der Waals surface area contributed by atoms with E-state index in [1.54, 1.807) is 20.8 Å². The van der Waals surface area contributed by atoms with Gasteiger partial charge in [-0.2, -0.15) is 0 Å². The first-order valence-electron chi connectivity index (χ1n) is 7.08. The van der Waals surface area contributed by atoms with Crippen molar-refractivity contribution in [2.75, 3.05) is 11.9 Å². The first-order chi connectivity index (χ1) is 11.6. The lowest BCUT2D eigenvalue weighted by molar-refractivity contribution is -0.135. The van der Waals surface area contributed by atoms with Crippen LogP contribution in [0.4, 0.5) is 9.93 Å². The summed E-state index contributed by atoms with van der Waals surface area (Å²) in [7, 11) is 1.22. The minimum Gasteiger partial charge on any atom is -0.543 e. The van der Waals surface area contributed by atoms with Gasteiger partial charge in [0.2, 0.25) is 5.71 Å². The van der Waals surface area contributed by atoms with Crippen LogP contribution in [0.5, 0.6) is 0 Å². The Balaban J connectivity index is 2.73. The molecule has 0 aliphatic rings. The van der Waals surface area contributed by atoms with Gasteiger partial charge in [0.1, 0.15) is 17.9 Å². The van der Waals surface area contributed by atoms with Crippen LogP contribution in [0.2, 0.25) is 0 Å². The van der Waals surface area contributed by atoms with Gasteiger partial charge in [-0.15, -0.1) is 11.3 Å². The smallest absolute Gasteiger partial charge is 0.413 e. The summed E-state index contributed by atoms with van der Waals surface area (Å²) in [5.74, 6) is -1.88. The fourth-order valence-corrected chi connectivity index (χ4v) is 2.05. The number of hydrogen-bond acceptors (Lipinski definition) is 9. The molecule has 10 nitrogen and oxygen atoms in total. The Morgan fingerprint density at radius 2 is 2.08 bits per heavy atom. The number of carbonyl (C=O) groups is 3. The average molecular weight is 371 g/mol. The molecule has 0 unspecified atom stereocenters. The van der Waals surface area contributed by atoms with Crippen molar-refractivity contribution in [3.63, 3.8) is 0 Å². The summed E-state index contributed by atoms with van der Waals surface area (Å²) < 4.78 is 9.49. The Labute approximate surface area is 148 Å². The van der Waals surface area contributed by atoms with E-state index in [9.17, 15) is 19.5 Å². The number of anilines is 1. The molecule has 136 valence electrons. The summed E-state index contributed by atoms with van der Waals surface area (Å²) >= 11 is 1.00. The number of carbonyl (C=O) groups excluding carboxylic acids is 2. The van der Waals surface area contributed by atoms with Crippen molar-refractivity contribution in [2.24, 2.45) is 5.16 Å². The third-order valence-electron chi connectivity index (χ3n) is 2.34. The van der Waals surface area contributed by atoms with Gasteiger partial charge in [0.25, 0.3) is 5.97 Å². The molecule has 12 heteroatoms. The second-order valence-electron chi connectivity index (χ2n) is 5.57. The molecule has 1 aromatic heterocycles. The van der Waals surface area contributed by atoms with Gasteiger partial charge >= 0.3 is 20.1 Å². The molecule has 0 saturated carbocycles. The monoisotopic (exact) mass is 371 g/mol. The number of carboxylic acids is 1. The highest BCUT2D eigenvalue weighted by Crippen LogP contribution is 2.18. The number of ether oxygens (including phenoxy) is 1. The third kappa shape index (κ3) is 7.66. The predicted molar refractivity (Wildman–Crippen MR) is 91.3 cm³/mol. The van der Waals surface area contributed by atoms with Gasteiger partial charge < -0.3 is 19.3 Å². The maximum Gasteiger partial charge on any atom is 0.413 e. The van der Waals surface area contributed by atoms with E-state index in [0.29, 0.717) is 0 Å². The van der Waals surface area contributed by atoms with Crippen molar-refractivity contribution in [1.82, 2.24) is 4.98 Å². The van der Waals surface area contributed by atoms with Crippen LogP contribution >= 0.6 is 11.3 Å². The summed E-state index contributed by atoms with van der Waals surface area (Å²) in [6.07, 6.45) is -0.786. The van der Waals surface area contributed by atoms with Crippen LogP contribution in [0.3, 0.4) is 0 Å². The molecule has 0 spiro atoms. The van der Waals surface area contributed by atoms with E-state index >= 15 is 0 Å². The molecule has 2 N–H and O–H groups in total. The molecule has 1 rings (SSSR count). The zero-order valence-electron chi connectivity index (χ0n) is 14.2. The lowest BCUT2D eigenvalue weighted by Gasteiger charge is -2.18. The summed E-state index contributed by atoms with van der Waals surface area (Å²) in [6, 6.07) is 0. The lowest BCUT2D eigenvalue weighted by Crippen LogP contribution is -2.27. The Morgan fingerprint density at radius 3 is 2.64 bits per heavy atom. The van der Waals surface area contributed by atoms with Crippen LogP contribution in [0, 0.1) is 0 Å². The van der Waals surface area contributed by atoms with Crippen molar-refractivity contribution in [1.29, 1.82) is 0 Å². The number of aromatic nitrogens is 1. The number of nitrogens with one attached hydrogen (secondary N) is 1. The average Bonchev–Trinajstić information content (AvgIpc) is 2.92. The molecular weight excluding hydrogens is 353 g/mol. The van der Waals surface area contributed by atoms with Gasteiger partial charge in [0.05, 0.1) is 6.42 Å². The maximum absolute atomic E-state index is 11.7. The number of amides is 1. The molecule has 0 aromatic carbocycles. The molecule has 0 aliphatic carbocycles. The number of carboxylic acid groups (broad SMARTS) is 1. The van der Waals surface area contributed by atoms with E-state index < -0.39 is 29.3 Å². The number of oxime groups is 1. The van der Waals surface area contributed by atoms with E-state index in [-0.39, 0.29) is 23.9 Å². The van der Waals surface area contributed by atoms with Crippen LogP contribution in [0.25, 0.3) is 0 Å². The second kappa shape index (κ2) is 9.01. The lowest BCUT2D eigenvalue weighted by atomic mass is 10.2. The number of thiazole rings is 1. The fourth-order valence-electron chi connectivity index (χ4n) is 1.37. The molecule has 1 amide bonds. The Hall–Kier alpha value is -2.63. The van der Waals surface area contributed by atoms with Crippen molar-refractivity contribution < 1.29 is 33.7 Å². The number of aliphatic carboxylic acids is 1. The molecule has 1 heterocycles. The summed E-state index contributed by atoms with van der Waals surface area (Å²) in [4.78, 5) is 42.6. The van der Waals surface area contributed by atoms with E-state index in [0.717, 1.165) is 11.3 Å². The van der Waals surface area contributed by atoms with Crippen LogP contribution in [0.1, 0.15) is 32.9 Å². The van der Waals surface area contributed by atoms with E-state index in [4.69, 9.17) is 9.57 Å². The van der Waals surface area contributed by atoms with Crippen molar-refractivity contribution in [2.45, 2.75) is 32.8 Å². The molecule has 0 fully saturated rings. The second-order valence-corrected chi connectivity index (χ2v) is 6.43. The van der Waals surface area contributed by atoms with Crippen molar-refractivity contribution in [3.8, 4) is 0 Å². The highest BCUT2D eigenvalue weighted by Gasteiger charge is 2.20. The first-order valence-corrected chi connectivity index (χ1v) is 7.96. The Kier molecular flexibility index (Phi) is 7.36. The quantitative estimate of drug-likeness (QED) is 0.311. The van der Waals surface area contributed by atoms with Crippen molar-refractivity contribution >= 4 is 48.3 Å². The van der Waals surface area contributed by atoms with E-state index in [2.05, 4.69) is 20.1 Å². The minimum atomic E-state index is -1.37.